The molecule has 0 aromatic heterocycles. The Labute approximate surface area is 172 Å². The van der Waals surface area contributed by atoms with E-state index in [-0.39, 0.29) is 12.1 Å². The highest BCUT2D eigenvalue weighted by Gasteiger charge is 2.14. The molecule has 2 amide bonds. The van der Waals surface area contributed by atoms with Crippen LogP contribution in [0.2, 0.25) is 0 Å². The van der Waals surface area contributed by atoms with Gasteiger partial charge in [0.1, 0.15) is 17.7 Å². The minimum atomic E-state index is -0.749. The second-order valence-corrected chi connectivity index (χ2v) is 6.62. The van der Waals surface area contributed by atoms with Gasteiger partial charge in [-0.1, -0.05) is 12.1 Å². The van der Waals surface area contributed by atoms with Gasteiger partial charge in [0.2, 0.25) is 0 Å². The number of benzene rings is 2. The van der Waals surface area contributed by atoms with Gasteiger partial charge in [-0.15, -0.1) is 0 Å². The van der Waals surface area contributed by atoms with E-state index in [9.17, 15) is 14.4 Å². The number of nitriles is 1. The van der Waals surface area contributed by atoms with Crippen LogP contribution in [0.3, 0.4) is 0 Å². The third-order valence-electron chi connectivity index (χ3n) is 3.74. The lowest BCUT2D eigenvalue weighted by atomic mass is 10.2. The molecule has 8 nitrogen and oxygen atoms in total. The summed E-state index contributed by atoms with van der Waals surface area (Å²) in [5.74, 6) is -1.37. The summed E-state index contributed by atoms with van der Waals surface area (Å²) in [4.78, 5) is 36.6. The number of ether oxygens (including phenoxy) is 2. The zero-order valence-electron chi connectivity index (χ0n) is 15.9. The standard InChI is InChI=1S/C20H19N3O5S/c1-13-9-14(29-12-21)7-8-16(13)23-18(24)11-28-19(25)10-22-20(26)15-5-3-4-6-17(15)27-2/h3-9H,10-11H2,1-2H3,(H,22,26)(H,23,24). The molecule has 0 fully saturated rings. The monoisotopic (exact) mass is 413 g/mol. The summed E-state index contributed by atoms with van der Waals surface area (Å²) >= 11 is 1.02. The van der Waals surface area contributed by atoms with E-state index < -0.39 is 24.4 Å². The maximum absolute atomic E-state index is 12.1. The number of hydrogen-bond acceptors (Lipinski definition) is 7. The molecule has 0 aliphatic heterocycles. The van der Waals surface area contributed by atoms with Crippen LogP contribution in [-0.4, -0.2) is 38.0 Å². The number of esters is 1. The zero-order valence-corrected chi connectivity index (χ0v) is 16.7. The fourth-order valence-electron chi connectivity index (χ4n) is 2.36. The summed E-state index contributed by atoms with van der Waals surface area (Å²) in [5, 5.41) is 15.7. The molecular formula is C20H19N3O5S. The second-order valence-electron chi connectivity index (χ2n) is 5.76. The average molecular weight is 413 g/mol. The molecule has 150 valence electrons. The van der Waals surface area contributed by atoms with Crippen molar-refractivity contribution in [2.45, 2.75) is 11.8 Å². The summed E-state index contributed by atoms with van der Waals surface area (Å²) in [6.07, 6.45) is 0. The fourth-order valence-corrected chi connectivity index (χ4v) is 2.83. The first-order chi connectivity index (χ1) is 13.9. The highest BCUT2D eigenvalue weighted by atomic mass is 32.2. The number of carbonyl (C=O) groups excluding carboxylic acids is 3. The number of rotatable bonds is 8. The Morgan fingerprint density at radius 1 is 1.17 bits per heavy atom. The van der Waals surface area contributed by atoms with Crippen LogP contribution in [0.5, 0.6) is 5.75 Å². The van der Waals surface area contributed by atoms with Crippen LogP contribution in [0.1, 0.15) is 15.9 Å². The van der Waals surface area contributed by atoms with Crippen molar-refractivity contribution in [2.75, 3.05) is 25.6 Å². The lowest BCUT2D eigenvalue weighted by Gasteiger charge is -2.11. The molecule has 29 heavy (non-hydrogen) atoms. The van der Waals surface area contributed by atoms with E-state index >= 15 is 0 Å². The number of hydrogen-bond donors (Lipinski definition) is 2. The van der Waals surface area contributed by atoms with Gasteiger partial charge in [-0.2, -0.15) is 5.26 Å². The number of carbonyl (C=O) groups is 3. The number of aryl methyl sites for hydroxylation is 1. The van der Waals surface area contributed by atoms with Crippen molar-refractivity contribution in [3.63, 3.8) is 0 Å². The second kappa shape index (κ2) is 10.7. The summed E-state index contributed by atoms with van der Waals surface area (Å²) < 4.78 is 9.97. The Morgan fingerprint density at radius 2 is 1.93 bits per heavy atom. The molecular weight excluding hydrogens is 394 g/mol. The quantitative estimate of drug-likeness (QED) is 0.388. The molecule has 9 heteroatoms. The van der Waals surface area contributed by atoms with Crippen LogP contribution >= 0.6 is 11.8 Å². The molecule has 2 N–H and O–H groups in total. The van der Waals surface area contributed by atoms with Gasteiger partial charge in [0.25, 0.3) is 11.8 Å². The van der Waals surface area contributed by atoms with E-state index in [2.05, 4.69) is 10.6 Å². The van der Waals surface area contributed by atoms with E-state index in [1.165, 1.54) is 7.11 Å². The molecule has 2 aromatic carbocycles. The predicted octanol–water partition coefficient (Wildman–Crippen LogP) is 2.49. The number of thioether (sulfide) groups is 1. The van der Waals surface area contributed by atoms with Crippen molar-refractivity contribution in [1.82, 2.24) is 5.32 Å². The van der Waals surface area contributed by atoms with E-state index in [0.717, 1.165) is 22.2 Å². The number of amides is 2. The van der Waals surface area contributed by atoms with Crippen LogP contribution in [-0.2, 0) is 14.3 Å². The van der Waals surface area contributed by atoms with Crippen LogP contribution in [0.25, 0.3) is 0 Å². The van der Waals surface area contributed by atoms with Crippen LogP contribution in [0.15, 0.2) is 47.4 Å². The van der Waals surface area contributed by atoms with Gasteiger partial charge in [-0.3, -0.25) is 14.4 Å². The maximum atomic E-state index is 12.1. The van der Waals surface area contributed by atoms with E-state index in [1.807, 2.05) is 5.40 Å². The number of anilines is 1. The molecule has 0 spiro atoms. The molecule has 0 bridgehead atoms. The fraction of sp³-hybridized carbons (Fsp3) is 0.200. The van der Waals surface area contributed by atoms with Gasteiger partial charge in [-0.25, -0.2) is 0 Å². The van der Waals surface area contributed by atoms with E-state index in [0.29, 0.717) is 11.4 Å². The Hall–Kier alpha value is -3.51. The smallest absolute Gasteiger partial charge is 0.325 e. The SMILES string of the molecule is COc1ccccc1C(=O)NCC(=O)OCC(=O)Nc1ccc(SC#N)cc1C. The minimum Gasteiger partial charge on any atom is -0.496 e. The number of nitrogens with one attached hydrogen (secondary N) is 2. The van der Waals surface area contributed by atoms with Gasteiger partial charge >= 0.3 is 5.97 Å². The molecule has 0 radical (unpaired) electrons. The number of methoxy groups -OCH3 is 1. The molecule has 0 atom stereocenters. The van der Waals surface area contributed by atoms with Crippen molar-refractivity contribution in [3.8, 4) is 11.2 Å². The molecule has 0 saturated heterocycles. The predicted molar refractivity (Wildman–Crippen MR) is 108 cm³/mol. The highest BCUT2D eigenvalue weighted by Crippen LogP contribution is 2.23. The third-order valence-corrected chi connectivity index (χ3v) is 4.33. The average Bonchev–Trinajstić information content (AvgIpc) is 2.72. The Morgan fingerprint density at radius 3 is 2.62 bits per heavy atom. The molecule has 0 saturated carbocycles. The minimum absolute atomic E-state index is 0.286. The number of nitrogens with zero attached hydrogens (tertiary/aromatic N) is 1. The lowest BCUT2D eigenvalue weighted by Crippen LogP contribution is -2.32. The third kappa shape index (κ3) is 6.55. The van der Waals surface area contributed by atoms with Crippen molar-refractivity contribution in [2.24, 2.45) is 0 Å². The van der Waals surface area contributed by atoms with Crippen LogP contribution in [0.4, 0.5) is 5.69 Å². The molecule has 2 aromatic rings. The van der Waals surface area contributed by atoms with Crippen LogP contribution < -0.4 is 15.4 Å². The first-order valence-corrected chi connectivity index (χ1v) is 9.29. The molecule has 0 unspecified atom stereocenters. The maximum Gasteiger partial charge on any atom is 0.325 e. The van der Waals surface area contributed by atoms with E-state index in [1.54, 1.807) is 49.4 Å². The summed E-state index contributed by atoms with van der Waals surface area (Å²) in [6, 6.07) is 11.7. The van der Waals surface area contributed by atoms with Gasteiger partial charge in [0.05, 0.1) is 12.7 Å². The normalized spacial score (nSPS) is 9.83. The lowest BCUT2D eigenvalue weighted by molar-refractivity contribution is -0.146. The van der Waals surface area contributed by atoms with Crippen LogP contribution in [0, 0.1) is 17.6 Å². The summed E-state index contributed by atoms with van der Waals surface area (Å²) in [5.41, 5.74) is 1.61. The Balaban J connectivity index is 1.79. The molecule has 0 aliphatic carbocycles. The number of para-hydroxylation sites is 1. The zero-order chi connectivity index (χ0) is 21.2. The van der Waals surface area contributed by atoms with Crippen molar-refractivity contribution < 1.29 is 23.9 Å². The molecule has 0 heterocycles. The van der Waals surface area contributed by atoms with Gasteiger partial charge in [0.15, 0.2) is 6.61 Å². The van der Waals surface area contributed by atoms with E-state index in [4.69, 9.17) is 14.7 Å². The summed E-state index contributed by atoms with van der Waals surface area (Å²) in [6.45, 7) is 0.914. The Kier molecular flexibility index (Phi) is 8.06. The summed E-state index contributed by atoms with van der Waals surface area (Å²) in [7, 11) is 1.44. The molecule has 0 aliphatic rings. The van der Waals surface area contributed by atoms with Gasteiger partial charge in [-0.05, 0) is 54.6 Å². The number of thiocyanates is 1. The van der Waals surface area contributed by atoms with Crippen molar-refractivity contribution in [1.29, 1.82) is 5.26 Å². The van der Waals surface area contributed by atoms with Gasteiger partial charge in [0, 0.05) is 10.6 Å². The van der Waals surface area contributed by atoms with Crippen molar-refractivity contribution >= 4 is 35.2 Å². The first-order valence-electron chi connectivity index (χ1n) is 8.48. The van der Waals surface area contributed by atoms with Gasteiger partial charge < -0.3 is 20.1 Å². The largest absolute Gasteiger partial charge is 0.496 e. The first kappa shape index (κ1) is 21.8. The molecule has 2 rings (SSSR count). The van der Waals surface area contributed by atoms with Crippen molar-refractivity contribution in [3.05, 3.63) is 53.6 Å². The highest BCUT2D eigenvalue weighted by molar-refractivity contribution is 8.03. The topological polar surface area (TPSA) is 118 Å². The Bertz CT molecular complexity index is 955.